The highest BCUT2D eigenvalue weighted by molar-refractivity contribution is 7.80. The number of rotatable bonds is 2. The van der Waals surface area contributed by atoms with E-state index in [0.717, 1.165) is 16.7 Å². The van der Waals surface area contributed by atoms with Crippen LogP contribution in [-0.2, 0) is 6.42 Å². The molecule has 70 valence electrons. The molecule has 0 spiro atoms. The molecule has 1 rings (SSSR count). The lowest BCUT2D eigenvalue weighted by atomic mass is 10.0. The molecule has 0 saturated carbocycles. The molecule has 0 fully saturated rings. The summed E-state index contributed by atoms with van der Waals surface area (Å²) in [6.07, 6.45) is 0.595. The van der Waals surface area contributed by atoms with Crippen molar-refractivity contribution in [2.24, 2.45) is 5.73 Å². The van der Waals surface area contributed by atoms with Crippen LogP contribution < -0.4 is 5.73 Å². The summed E-state index contributed by atoms with van der Waals surface area (Å²) in [5, 5.41) is 9.50. The number of phenols is 1. The van der Waals surface area contributed by atoms with Crippen LogP contribution in [0.2, 0.25) is 0 Å². The van der Waals surface area contributed by atoms with E-state index < -0.39 is 0 Å². The van der Waals surface area contributed by atoms with Crippen LogP contribution in [0.1, 0.15) is 16.7 Å². The zero-order valence-electron chi connectivity index (χ0n) is 7.79. The van der Waals surface area contributed by atoms with Crippen molar-refractivity contribution < 1.29 is 5.11 Å². The van der Waals surface area contributed by atoms with Gasteiger partial charge in [0, 0.05) is 6.42 Å². The van der Waals surface area contributed by atoms with Gasteiger partial charge in [0.1, 0.15) is 5.75 Å². The van der Waals surface area contributed by atoms with Gasteiger partial charge in [-0.2, -0.15) is 0 Å². The van der Waals surface area contributed by atoms with Gasteiger partial charge in [-0.3, -0.25) is 0 Å². The normalized spacial score (nSPS) is 10.0. The van der Waals surface area contributed by atoms with Gasteiger partial charge in [0.15, 0.2) is 0 Å². The molecule has 0 aromatic heterocycles. The third-order valence-electron chi connectivity index (χ3n) is 1.93. The van der Waals surface area contributed by atoms with Crippen molar-refractivity contribution in [3.05, 3.63) is 28.8 Å². The average molecular weight is 195 g/mol. The molecular formula is C10H13NOS. The first-order valence-corrected chi connectivity index (χ1v) is 4.49. The summed E-state index contributed by atoms with van der Waals surface area (Å²) >= 11 is 4.81. The third kappa shape index (κ3) is 2.42. The number of thiocarbonyl (C=S) groups is 1. The SMILES string of the molecule is Cc1cc(CC(N)=S)cc(C)c1O. The second-order valence-corrected chi connectivity index (χ2v) is 3.75. The lowest BCUT2D eigenvalue weighted by Gasteiger charge is -2.06. The molecule has 1 aromatic rings. The number of aromatic hydroxyl groups is 1. The number of benzene rings is 1. The lowest BCUT2D eigenvalue weighted by Crippen LogP contribution is -2.11. The van der Waals surface area contributed by atoms with E-state index in [-0.39, 0.29) is 0 Å². The average Bonchev–Trinajstić information content (AvgIpc) is 1.98. The number of hydrogen-bond acceptors (Lipinski definition) is 2. The molecule has 0 aliphatic carbocycles. The molecular weight excluding hydrogens is 182 g/mol. The maximum Gasteiger partial charge on any atom is 0.121 e. The largest absolute Gasteiger partial charge is 0.507 e. The lowest BCUT2D eigenvalue weighted by molar-refractivity contribution is 0.466. The topological polar surface area (TPSA) is 46.2 Å². The van der Waals surface area contributed by atoms with Gasteiger partial charge in [0.25, 0.3) is 0 Å². The molecule has 0 amide bonds. The first-order valence-electron chi connectivity index (χ1n) is 4.08. The molecule has 1 aromatic carbocycles. The van der Waals surface area contributed by atoms with Gasteiger partial charge in [-0.25, -0.2) is 0 Å². The molecule has 0 aliphatic heterocycles. The van der Waals surface area contributed by atoms with Crippen LogP contribution in [0, 0.1) is 13.8 Å². The van der Waals surface area contributed by atoms with E-state index in [2.05, 4.69) is 0 Å². The van der Waals surface area contributed by atoms with Crippen LogP contribution in [0.15, 0.2) is 12.1 Å². The zero-order valence-corrected chi connectivity index (χ0v) is 8.61. The smallest absolute Gasteiger partial charge is 0.121 e. The Morgan fingerprint density at radius 1 is 1.38 bits per heavy atom. The van der Waals surface area contributed by atoms with Gasteiger partial charge in [0.2, 0.25) is 0 Å². The fourth-order valence-electron chi connectivity index (χ4n) is 1.35. The maximum atomic E-state index is 9.50. The molecule has 3 heteroatoms. The van der Waals surface area contributed by atoms with Crippen LogP contribution in [0.5, 0.6) is 5.75 Å². The molecule has 0 aliphatic rings. The number of nitrogens with two attached hydrogens (primary N) is 1. The molecule has 0 radical (unpaired) electrons. The van der Waals surface area contributed by atoms with Crippen LogP contribution in [-0.4, -0.2) is 10.1 Å². The van der Waals surface area contributed by atoms with E-state index in [1.807, 2.05) is 26.0 Å². The summed E-state index contributed by atoms with van der Waals surface area (Å²) in [6.45, 7) is 3.73. The Balaban J connectivity index is 3.06. The van der Waals surface area contributed by atoms with Gasteiger partial charge >= 0.3 is 0 Å². The Labute approximate surface area is 83.4 Å². The zero-order chi connectivity index (χ0) is 10.0. The molecule has 0 bridgehead atoms. The van der Waals surface area contributed by atoms with E-state index in [0.29, 0.717) is 17.2 Å². The van der Waals surface area contributed by atoms with Gasteiger partial charge in [-0.05, 0) is 30.5 Å². The second-order valence-electron chi connectivity index (χ2n) is 3.22. The Hall–Kier alpha value is -1.09. The molecule has 2 nitrogen and oxygen atoms in total. The van der Waals surface area contributed by atoms with Crippen molar-refractivity contribution in [3.63, 3.8) is 0 Å². The summed E-state index contributed by atoms with van der Waals surface area (Å²) in [7, 11) is 0. The van der Waals surface area contributed by atoms with E-state index in [9.17, 15) is 5.11 Å². The molecule has 3 N–H and O–H groups in total. The molecule has 13 heavy (non-hydrogen) atoms. The van der Waals surface area contributed by atoms with Crippen molar-refractivity contribution in [3.8, 4) is 5.75 Å². The predicted molar refractivity (Wildman–Crippen MR) is 58.1 cm³/mol. The number of aryl methyl sites for hydroxylation is 2. The number of phenolic OH excluding ortho intramolecular Hbond substituents is 1. The monoisotopic (exact) mass is 195 g/mol. The minimum absolute atomic E-state index is 0.353. The highest BCUT2D eigenvalue weighted by atomic mass is 32.1. The summed E-state index contributed by atoms with van der Waals surface area (Å²) < 4.78 is 0. The fourth-order valence-corrected chi connectivity index (χ4v) is 1.52. The van der Waals surface area contributed by atoms with E-state index in [1.54, 1.807) is 0 Å². The highest BCUT2D eigenvalue weighted by Crippen LogP contribution is 2.22. The van der Waals surface area contributed by atoms with Gasteiger partial charge in [-0.15, -0.1) is 0 Å². The summed E-state index contributed by atoms with van der Waals surface area (Å²) in [5.41, 5.74) is 8.22. The first kappa shape index (κ1) is 9.99. The minimum atomic E-state index is 0.353. The van der Waals surface area contributed by atoms with Gasteiger partial charge in [0.05, 0.1) is 4.99 Å². The summed E-state index contributed by atoms with van der Waals surface area (Å²) in [5.74, 6) is 0.353. The summed E-state index contributed by atoms with van der Waals surface area (Å²) in [6, 6.07) is 3.81. The predicted octanol–water partition coefficient (Wildman–Crippen LogP) is 1.84. The Kier molecular flexibility index (Phi) is 2.88. The van der Waals surface area contributed by atoms with Crippen molar-refractivity contribution >= 4 is 17.2 Å². The fraction of sp³-hybridized carbons (Fsp3) is 0.300. The Bertz CT molecular complexity index is 324. The van der Waals surface area contributed by atoms with Crippen LogP contribution in [0.4, 0.5) is 0 Å². The number of hydrogen-bond donors (Lipinski definition) is 2. The quantitative estimate of drug-likeness (QED) is 0.708. The van der Waals surface area contributed by atoms with Crippen molar-refractivity contribution in [2.45, 2.75) is 20.3 Å². The van der Waals surface area contributed by atoms with Gasteiger partial charge < -0.3 is 10.8 Å². The van der Waals surface area contributed by atoms with E-state index in [1.165, 1.54) is 0 Å². The first-order chi connectivity index (χ1) is 6.00. The van der Waals surface area contributed by atoms with Crippen molar-refractivity contribution in [1.29, 1.82) is 0 Å². The van der Waals surface area contributed by atoms with E-state index in [4.69, 9.17) is 18.0 Å². The molecule has 0 heterocycles. The van der Waals surface area contributed by atoms with Crippen LogP contribution in [0.3, 0.4) is 0 Å². The van der Waals surface area contributed by atoms with Crippen molar-refractivity contribution in [1.82, 2.24) is 0 Å². The standard InChI is InChI=1S/C10H13NOS/c1-6-3-8(5-9(11)13)4-7(2)10(6)12/h3-4,12H,5H2,1-2H3,(H2,11,13). The van der Waals surface area contributed by atoms with Crippen LogP contribution in [0.25, 0.3) is 0 Å². The Morgan fingerprint density at radius 3 is 2.23 bits per heavy atom. The third-order valence-corrected chi connectivity index (χ3v) is 2.07. The second kappa shape index (κ2) is 3.75. The Morgan fingerprint density at radius 2 is 1.85 bits per heavy atom. The molecule has 0 unspecified atom stereocenters. The summed E-state index contributed by atoms with van der Waals surface area (Å²) in [4.78, 5) is 0.476. The maximum absolute atomic E-state index is 9.50. The van der Waals surface area contributed by atoms with Crippen molar-refractivity contribution in [2.75, 3.05) is 0 Å². The minimum Gasteiger partial charge on any atom is -0.507 e. The highest BCUT2D eigenvalue weighted by Gasteiger charge is 2.03. The van der Waals surface area contributed by atoms with E-state index >= 15 is 0 Å². The van der Waals surface area contributed by atoms with Crippen LogP contribution >= 0.6 is 12.2 Å². The molecule has 0 atom stereocenters. The van der Waals surface area contributed by atoms with Gasteiger partial charge in [-0.1, -0.05) is 24.4 Å². The molecule has 0 saturated heterocycles.